The van der Waals surface area contributed by atoms with Crippen LogP contribution in [0.3, 0.4) is 0 Å². The highest BCUT2D eigenvalue weighted by molar-refractivity contribution is 14.1. The van der Waals surface area contributed by atoms with Crippen molar-refractivity contribution in [2.45, 2.75) is 25.4 Å². The Balaban J connectivity index is 1.95. The summed E-state index contributed by atoms with van der Waals surface area (Å²) in [6, 6.07) is 3.60. The molecule has 1 aromatic carbocycles. The SMILES string of the molecule is CC1CC(C(=O)N/N=C/c2cc(I)c(O)c(I)c2)NN1. The number of rotatable bonds is 3. The quantitative estimate of drug-likeness (QED) is 0.287. The van der Waals surface area contributed by atoms with Crippen molar-refractivity contribution in [3.63, 3.8) is 0 Å². The Hall–Kier alpha value is -0.460. The van der Waals surface area contributed by atoms with Crippen LogP contribution in [0.2, 0.25) is 0 Å². The Morgan fingerprint density at radius 2 is 2.10 bits per heavy atom. The van der Waals surface area contributed by atoms with E-state index >= 15 is 0 Å². The minimum Gasteiger partial charge on any atom is -0.506 e. The molecule has 1 saturated heterocycles. The van der Waals surface area contributed by atoms with Crippen molar-refractivity contribution in [3.8, 4) is 5.75 Å². The lowest BCUT2D eigenvalue weighted by Gasteiger charge is -2.06. The molecule has 1 heterocycles. The maximum absolute atomic E-state index is 11.8. The van der Waals surface area contributed by atoms with Gasteiger partial charge >= 0.3 is 0 Å². The number of carbonyl (C=O) groups is 1. The number of halogens is 2. The van der Waals surface area contributed by atoms with Gasteiger partial charge in [0.2, 0.25) is 0 Å². The molecule has 0 bridgehead atoms. The average molecular weight is 500 g/mol. The molecule has 1 fully saturated rings. The van der Waals surface area contributed by atoms with Crippen molar-refractivity contribution in [3.05, 3.63) is 24.8 Å². The maximum atomic E-state index is 11.8. The highest BCUT2D eigenvalue weighted by Crippen LogP contribution is 2.26. The zero-order valence-electron chi connectivity index (χ0n) is 10.7. The Morgan fingerprint density at radius 1 is 1.45 bits per heavy atom. The van der Waals surface area contributed by atoms with E-state index in [4.69, 9.17) is 0 Å². The van der Waals surface area contributed by atoms with Gasteiger partial charge in [0.25, 0.3) is 5.91 Å². The van der Waals surface area contributed by atoms with Gasteiger partial charge in [-0.1, -0.05) is 0 Å². The van der Waals surface area contributed by atoms with Crippen molar-refractivity contribution < 1.29 is 9.90 Å². The second-order valence-corrected chi connectivity index (χ2v) is 6.87. The van der Waals surface area contributed by atoms with Gasteiger partial charge in [-0.2, -0.15) is 5.10 Å². The van der Waals surface area contributed by atoms with Gasteiger partial charge in [0.1, 0.15) is 11.8 Å². The van der Waals surface area contributed by atoms with Gasteiger partial charge in [-0.05, 0) is 76.2 Å². The minimum absolute atomic E-state index is 0.165. The van der Waals surface area contributed by atoms with Crippen molar-refractivity contribution in [1.29, 1.82) is 0 Å². The largest absolute Gasteiger partial charge is 0.506 e. The first-order valence-electron chi connectivity index (χ1n) is 5.99. The number of hydrogen-bond acceptors (Lipinski definition) is 5. The van der Waals surface area contributed by atoms with Gasteiger partial charge in [-0.3, -0.25) is 10.2 Å². The summed E-state index contributed by atoms with van der Waals surface area (Å²) in [5.74, 6) is 0.101. The molecular formula is C12H14I2N4O2. The van der Waals surface area contributed by atoms with Gasteiger partial charge in [0.05, 0.1) is 13.4 Å². The molecule has 2 rings (SSSR count). The van der Waals surface area contributed by atoms with Crippen LogP contribution in [0.15, 0.2) is 17.2 Å². The molecular weight excluding hydrogens is 486 g/mol. The zero-order chi connectivity index (χ0) is 14.7. The van der Waals surface area contributed by atoms with Crippen LogP contribution in [0.4, 0.5) is 0 Å². The molecule has 0 aromatic heterocycles. The molecule has 0 aliphatic carbocycles. The molecule has 1 aliphatic heterocycles. The Labute approximate surface area is 144 Å². The van der Waals surface area contributed by atoms with E-state index in [1.54, 1.807) is 18.3 Å². The predicted octanol–water partition coefficient (Wildman–Crippen LogP) is 1.31. The number of phenolic OH excluding ortho intramolecular Hbond substituents is 1. The third-order valence-corrected chi connectivity index (χ3v) is 4.48. The van der Waals surface area contributed by atoms with E-state index < -0.39 is 0 Å². The lowest BCUT2D eigenvalue weighted by atomic mass is 10.1. The summed E-state index contributed by atoms with van der Waals surface area (Å²) in [5.41, 5.74) is 9.23. The minimum atomic E-state index is -0.262. The molecule has 1 aliphatic rings. The monoisotopic (exact) mass is 500 g/mol. The van der Waals surface area contributed by atoms with E-state index in [9.17, 15) is 9.90 Å². The highest BCUT2D eigenvalue weighted by Gasteiger charge is 2.26. The normalized spacial score (nSPS) is 22.4. The Kier molecular flexibility index (Phi) is 5.57. The summed E-state index contributed by atoms with van der Waals surface area (Å²) in [5, 5.41) is 13.6. The van der Waals surface area contributed by atoms with Crippen LogP contribution in [0.1, 0.15) is 18.9 Å². The van der Waals surface area contributed by atoms with Crippen LogP contribution >= 0.6 is 45.2 Å². The molecule has 2 atom stereocenters. The molecule has 1 aromatic rings. The zero-order valence-corrected chi connectivity index (χ0v) is 15.0. The Bertz CT molecular complexity index is 527. The number of hydrogen-bond donors (Lipinski definition) is 4. The van der Waals surface area contributed by atoms with Crippen molar-refractivity contribution in [2.75, 3.05) is 0 Å². The molecule has 1 amide bonds. The first kappa shape index (κ1) is 15.9. The molecule has 6 nitrogen and oxygen atoms in total. The molecule has 0 saturated carbocycles. The summed E-state index contributed by atoms with van der Waals surface area (Å²) in [7, 11) is 0. The topological polar surface area (TPSA) is 85.8 Å². The average Bonchev–Trinajstić information content (AvgIpc) is 2.82. The fourth-order valence-electron chi connectivity index (χ4n) is 1.79. The smallest absolute Gasteiger partial charge is 0.258 e. The molecule has 108 valence electrons. The summed E-state index contributed by atoms with van der Waals surface area (Å²) in [6.45, 7) is 2.00. The van der Waals surface area contributed by atoms with Gasteiger partial charge in [-0.15, -0.1) is 0 Å². The number of aromatic hydroxyl groups is 1. The van der Waals surface area contributed by atoms with Gasteiger partial charge in [0, 0.05) is 6.04 Å². The molecule has 2 unspecified atom stereocenters. The van der Waals surface area contributed by atoms with Crippen LogP contribution in [-0.4, -0.2) is 29.3 Å². The number of carbonyl (C=O) groups excluding carboxylic acids is 1. The van der Waals surface area contributed by atoms with Gasteiger partial charge in [-0.25, -0.2) is 10.9 Å². The summed E-state index contributed by atoms with van der Waals surface area (Å²) in [6.07, 6.45) is 2.30. The lowest BCUT2D eigenvalue weighted by Crippen LogP contribution is -2.41. The predicted molar refractivity (Wildman–Crippen MR) is 93.4 cm³/mol. The second-order valence-electron chi connectivity index (χ2n) is 4.55. The molecule has 4 N–H and O–H groups in total. The third kappa shape index (κ3) is 4.02. The molecule has 0 radical (unpaired) electrons. The summed E-state index contributed by atoms with van der Waals surface area (Å²) in [4.78, 5) is 11.8. The van der Waals surface area contributed by atoms with E-state index in [2.05, 4.69) is 66.6 Å². The van der Waals surface area contributed by atoms with Gasteiger partial charge < -0.3 is 5.11 Å². The Morgan fingerprint density at radius 3 is 2.65 bits per heavy atom. The number of hydrazine groups is 1. The van der Waals surface area contributed by atoms with E-state index in [1.807, 2.05) is 6.92 Å². The van der Waals surface area contributed by atoms with Crippen LogP contribution in [-0.2, 0) is 4.79 Å². The standard InChI is InChI=1S/C12H14I2N4O2/c1-6-2-10(17-16-6)12(20)18-15-5-7-3-8(13)11(19)9(14)4-7/h3-6,10,16-17,19H,2H2,1H3,(H,18,20)/b15-5+. The van der Waals surface area contributed by atoms with E-state index in [1.165, 1.54) is 0 Å². The van der Waals surface area contributed by atoms with E-state index in [-0.39, 0.29) is 23.7 Å². The first-order valence-corrected chi connectivity index (χ1v) is 8.15. The van der Waals surface area contributed by atoms with Crippen LogP contribution in [0.25, 0.3) is 0 Å². The van der Waals surface area contributed by atoms with Gasteiger partial charge in [0.15, 0.2) is 0 Å². The van der Waals surface area contributed by atoms with E-state index in [0.717, 1.165) is 19.1 Å². The first-order chi connectivity index (χ1) is 9.47. The van der Waals surface area contributed by atoms with Crippen molar-refractivity contribution >= 4 is 57.3 Å². The third-order valence-electron chi connectivity index (χ3n) is 2.84. The van der Waals surface area contributed by atoms with E-state index in [0.29, 0.717) is 0 Å². The maximum Gasteiger partial charge on any atom is 0.258 e. The fourth-order valence-corrected chi connectivity index (χ4v) is 3.61. The number of phenols is 1. The van der Waals surface area contributed by atoms with Crippen LogP contribution in [0, 0.1) is 7.14 Å². The van der Waals surface area contributed by atoms with Crippen molar-refractivity contribution in [1.82, 2.24) is 16.3 Å². The second kappa shape index (κ2) is 7.00. The number of nitrogens with zero attached hydrogens (tertiary/aromatic N) is 1. The molecule has 20 heavy (non-hydrogen) atoms. The highest BCUT2D eigenvalue weighted by atomic mass is 127. The van der Waals surface area contributed by atoms with Crippen LogP contribution in [0.5, 0.6) is 5.75 Å². The fraction of sp³-hybridized carbons (Fsp3) is 0.333. The van der Waals surface area contributed by atoms with Crippen LogP contribution < -0.4 is 16.3 Å². The molecule has 0 spiro atoms. The number of hydrazone groups is 1. The number of benzene rings is 1. The van der Waals surface area contributed by atoms with Crippen molar-refractivity contribution in [2.24, 2.45) is 5.10 Å². The molecule has 8 heteroatoms. The number of amides is 1. The lowest BCUT2D eigenvalue weighted by molar-refractivity contribution is -0.122. The summed E-state index contributed by atoms with van der Waals surface area (Å²) >= 11 is 4.10. The summed E-state index contributed by atoms with van der Waals surface area (Å²) < 4.78 is 1.50. The number of nitrogens with one attached hydrogen (secondary N) is 3.